The van der Waals surface area contributed by atoms with Crippen molar-refractivity contribution in [1.82, 2.24) is 4.90 Å². The molecular formula is C26H24N2O3. The number of nitrogens with one attached hydrogen (secondary N) is 1. The van der Waals surface area contributed by atoms with Gasteiger partial charge in [-0.05, 0) is 37.1 Å². The summed E-state index contributed by atoms with van der Waals surface area (Å²) in [6, 6.07) is 21.6. The number of hydrogen-bond donors (Lipinski definition) is 1. The molecule has 0 aromatic heterocycles. The van der Waals surface area contributed by atoms with Gasteiger partial charge in [-0.1, -0.05) is 60.2 Å². The van der Waals surface area contributed by atoms with Crippen LogP contribution in [0.15, 0.2) is 72.8 Å². The maximum absolute atomic E-state index is 13.0. The molecule has 0 atom stereocenters. The Bertz CT molecular complexity index is 1140. The Morgan fingerprint density at radius 3 is 2.39 bits per heavy atom. The van der Waals surface area contributed by atoms with Gasteiger partial charge in [-0.2, -0.15) is 0 Å². The number of rotatable bonds is 6. The van der Waals surface area contributed by atoms with E-state index >= 15 is 0 Å². The zero-order valence-corrected chi connectivity index (χ0v) is 17.4. The molecule has 0 aliphatic carbocycles. The number of hydrogen-bond acceptors (Lipinski definition) is 3. The van der Waals surface area contributed by atoms with Crippen molar-refractivity contribution in [2.75, 3.05) is 11.9 Å². The highest BCUT2D eigenvalue weighted by Gasteiger charge is 2.21. The number of carbonyl (C=O) groups is 3. The highest BCUT2D eigenvalue weighted by molar-refractivity contribution is 6.17. The van der Waals surface area contributed by atoms with Gasteiger partial charge in [0.1, 0.15) is 0 Å². The first-order valence-electron chi connectivity index (χ1n) is 10.4. The third-order valence-electron chi connectivity index (χ3n) is 5.46. The average molecular weight is 412 g/mol. The third-order valence-corrected chi connectivity index (χ3v) is 5.46. The maximum Gasteiger partial charge on any atom is 0.256 e. The van der Waals surface area contributed by atoms with Crippen LogP contribution in [0.1, 0.15) is 50.2 Å². The summed E-state index contributed by atoms with van der Waals surface area (Å²) in [6.45, 7) is 3.26. The Kier molecular flexibility index (Phi) is 5.94. The van der Waals surface area contributed by atoms with E-state index in [9.17, 15) is 14.4 Å². The van der Waals surface area contributed by atoms with Gasteiger partial charge in [0.05, 0.1) is 5.56 Å². The van der Waals surface area contributed by atoms with Gasteiger partial charge < -0.3 is 10.2 Å². The van der Waals surface area contributed by atoms with Crippen LogP contribution in [0.5, 0.6) is 0 Å². The summed E-state index contributed by atoms with van der Waals surface area (Å²) in [5, 5.41) is 2.90. The molecule has 2 amide bonds. The lowest BCUT2D eigenvalue weighted by Gasteiger charge is -2.16. The minimum absolute atomic E-state index is 0.165. The summed E-state index contributed by atoms with van der Waals surface area (Å²) >= 11 is 0. The summed E-state index contributed by atoms with van der Waals surface area (Å²) in [7, 11) is 0. The Balaban J connectivity index is 1.53. The lowest BCUT2D eigenvalue weighted by molar-refractivity contribution is -0.128. The predicted molar refractivity (Wildman–Crippen MR) is 120 cm³/mol. The van der Waals surface area contributed by atoms with Crippen LogP contribution in [-0.2, 0) is 11.3 Å². The number of carbonyl (C=O) groups excluding carboxylic acids is 3. The number of aryl methyl sites for hydroxylation is 1. The standard InChI is InChI=1S/C26H24N2O3/c1-18-11-13-20(14-12-18)25(30)22-8-2-3-9-23(22)26(31)27-21-7-4-6-19(16-21)17-28-15-5-10-24(28)29/h2-4,6-9,11-14,16H,5,10,15,17H2,1H3,(H,27,31). The summed E-state index contributed by atoms with van der Waals surface area (Å²) < 4.78 is 0. The van der Waals surface area contributed by atoms with E-state index in [1.807, 2.05) is 42.2 Å². The first-order chi connectivity index (χ1) is 15.0. The minimum Gasteiger partial charge on any atom is -0.338 e. The van der Waals surface area contributed by atoms with Crippen molar-refractivity contribution in [2.45, 2.75) is 26.3 Å². The van der Waals surface area contributed by atoms with E-state index in [1.165, 1.54) is 0 Å². The van der Waals surface area contributed by atoms with E-state index in [2.05, 4.69) is 5.32 Å². The molecule has 0 unspecified atom stereocenters. The molecule has 31 heavy (non-hydrogen) atoms. The molecule has 1 saturated heterocycles. The molecule has 4 rings (SSSR count). The summed E-state index contributed by atoms with van der Waals surface area (Å²) in [5.41, 5.74) is 3.89. The molecule has 1 aliphatic heterocycles. The maximum atomic E-state index is 13.0. The normalized spacial score (nSPS) is 13.3. The van der Waals surface area contributed by atoms with Crippen molar-refractivity contribution < 1.29 is 14.4 Å². The molecule has 1 fully saturated rings. The number of benzene rings is 3. The van der Waals surface area contributed by atoms with Crippen LogP contribution >= 0.6 is 0 Å². The lowest BCUT2D eigenvalue weighted by Crippen LogP contribution is -2.24. The molecule has 0 saturated carbocycles. The van der Waals surface area contributed by atoms with Crippen molar-refractivity contribution in [3.63, 3.8) is 0 Å². The summed E-state index contributed by atoms with van der Waals surface area (Å²) in [6.07, 6.45) is 1.49. The summed E-state index contributed by atoms with van der Waals surface area (Å²) in [4.78, 5) is 39.7. The minimum atomic E-state index is -0.342. The quantitative estimate of drug-likeness (QED) is 0.602. The Hall–Kier alpha value is -3.73. The van der Waals surface area contributed by atoms with Gasteiger partial charge in [-0.3, -0.25) is 14.4 Å². The second-order valence-corrected chi connectivity index (χ2v) is 7.81. The SMILES string of the molecule is Cc1ccc(C(=O)c2ccccc2C(=O)Nc2cccc(CN3CCCC3=O)c2)cc1. The molecule has 5 heteroatoms. The van der Waals surface area contributed by atoms with Crippen molar-refractivity contribution in [3.05, 3.63) is 101 Å². The van der Waals surface area contributed by atoms with Crippen LogP contribution in [0.4, 0.5) is 5.69 Å². The van der Waals surface area contributed by atoms with Gasteiger partial charge in [0, 0.05) is 36.3 Å². The number of ketones is 1. The van der Waals surface area contributed by atoms with E-state index in [1.54, 1.807) is 42.5 Å². The van der Waals surface area contributed by atoms with Crippen LogP contribution in [0.3, 0.4) is 0 Å². The molecule has 5 nitrogen and oxygen atoms in total. The summed E-state index contributed by atoms with van der Waals surface area (Å²) in [5.74, 6) is -0.365. The Labute approximate surface area is 181 Å². The fourth-order valence-corrected chi connectivity index (χ4v) is 3.78. The van der Waals surface area contributed by atoms with E-state index in [4.69, 9.17) is 0 Å². The lowest BCUT2D eigenvalue weighted by atomic mass is 9.97. The average Bonchev–Trinajstić information content (AvgIpc) is 3.18. The second-order valence-electron chi connectivity index (χ2n) is 7.81. The molecule has 0 bridgehead atoms. The number of nitrogens with zero attached hydrogens (tertiary/aromatic N) is 1. The first-order valence-corrected chi connectivity index (χ1v) is 10.4. The van der Waals surface area contributed by atoms with Crippen LogP contribution in [0.2, 0.25) is 0 Å². The number of amides is 2. The molecule has 1 aliphatic rings. The van der Waals surface area contributed by atoms with Gasteiger partial charge in [0.25, 0.3) is 5.91 Å². The van der Waals surface area contributed by atoms with Gasteiger partial charge >= 0.3 is 0 Å². The molecular weight excluding hydrogens is 388 g/mol. The van der Waals surface area contributed by atoms with Gasteiger partial charge in [-0.15, -0.1) is 0 Å². The molecule has 1 heterocycles. The fraction of sp³-hybridized carbons (Fsp3) is 0.192. The van der Waals surface area contributed by atoms with E-state index in [0.29, 0.717) is 35.3 Å². The van der Waals surface area contributed by atoms with E-state index < -0.39 is 0 Å². The number of anilines is 1. The predicted octanol–water partition coefficient (Wildman–Crippen LogP) is 4.60. The van der Waals surface area contributed by atoms with Gasteiger partial charge in [-0.25, -0.2) is 0 Å². The van der Waals surface area contributed by atoms with Crippen LogP contribution in [-0.4, -0.2) is 29.0 Å². The zero-order chi connectivity index (χ0) is 21.8. The van der Waals surface area contributed by atoms with Gasteiger partial charge in [0.2, 0.25) is 5.91 Å². The second kappa shape index (κ2) is 8.96. The van der Waals surface area contributed by atoms with Crippen molar-refractivity contribution >= 4 is 23.3 Å². The van der Waals surface area contributed by atoms with E-state index in [-0.39, 0.29) is 17.6 Å². The van der Waals surface area contributed by atoms with Crippen molar-refractivity contribution in [2.24, 2.45) is 0 Å². The van der Waals surface area contributed by atoms with Gasteiger partial charge in [0.15, 0.2) is 5.78 Å². The Morgan fingerprint density at radius 2 is 1.68 bits per heavy atom. The molecule has 0 spiro atoms. The molecule has 3 aromatic rings. The van der Waals surface area contributed by atoms with E-state index in [0.717, 1.165) is 24.1 Å². The van der Waals surface area contributed by atoms with Crippen molar-refractivity contribution in [3.8, 4) is 0 Å². The first kappa shape index (κ1) is 20.5. The van der Waals surface area contributed by atoms with Crippen molar-refractivity contribution in [1.29, 1.82) is 0 Å². The molecule has 0 radical (unpaired) electrons. The monoisotopic (exact) mass is 412 g/mol. The number of likely N-dealkylation sites (tertiary alicyclic amines) is 1. The Morgan fingerprint density at radius 1 is 0.935 bits per heavy atom. The van der Waals surface area contributed by atoms with Crippen LogP contribution in [0, 0.1) is 6.92 Å². The van der Waals surface area contributed by atoms with Crippen LogP contribution < -0.4 is 5.32 Å². The third kappa shape index (κ3) is 4.72. The highest BCUT2D eigenvalue weighted by Crippen LogP contribution is 2.20. The fourth-order valence-electron chi connectivity index (χ4n) is 3.78. The smallest absolute Gasteiger partial charge is 0.256 e. The van der Waals surface area contributed by atoms with Crippen LogP contribution in [0.25, 0.3) is 0 Å². The molecule has 1 N–H and O–H groups in total. The zero-order valence-electron chi connectivity index (χ0n) is 17.4. The molecule has 156 valence electrons. The largest absolute Gasteiger partial charge is 0.338 e. The topological polar surface area (TPSA) is 66.5 Å². The highest BCUT2D eigenvalue weighted by atomic mass is 16.2. The molecule has 3 aromatic carbocycles.